The predicted molar refractivity (Wildman–Crippen MR) is 127 cm³/mol. The van der Waals surface area contributed by atoms with Gasteiger partial charge in [0.05, 0.1) is 22.6 Å². The van der Waals surface area contributed by atoms with Crippen molar-refractivity contribution in [2.75, 3.05) is 0 Å². The number of halogens is 3. The molecule has 0 aliphatic heterocycles. The summed E-state index contributed by atoms with van der Waals surface area (Å²) in [6, 6.07) is 12.9. The Hall–Kier alpha value is -4.02. The number of carbonyl (C=O) groups is 1. The quantitative estimate of drug-likeness (QED) is 0.351. The molecule has 0 spiro atoms. The number of aliphatic carboxylic acids is 1. The number of aryl methyl sites for hydroxylation is 1. The number of benzene rings is 2. The second kappa shape index (κ2) is 8.82. The van der Waals surface area contributed by atoms with Gasteiger partial charge in [-0.05, 0) is 41.3 Å². The van der Waals surface area contributed by atoms with Crippen LogP contribution in [0, 0.1) is 11.3 Å². The summed E-state index contributed by atoms with van der Waals surface area (Å²) in [5.41, 5.74) is 2.38. The number of hydrogen-bond donors (Lipinski definition) is 1. The molecular weight excluding hydrogens is 489 g/mol. The topological polar surface area (TPSA) is 91.4 Å². The number of hydrogen-bond acceptors (Lipinski definition) is 5. The number of carboxylic acids is 1. The molecule has 0 amide bonds. The second-order valence-corrected chi connectivity index (χ2v) is 9.78. The molecule has 8 nitrogen and oxygen atoms in total. The lowest BCUT2D eigenvalue weighted by Crippen LogP contribution is -2.17. The first-order chi connectivity index (χ1) is 17.4. The van der Waals surface area contributed by atoms with Gasteiger partial charge in [0.25, 0.3) is 0 Å². The molecule has 1 aliphatic carbocycles. The molecule has 37 heavy (non-hydrogen) atoms. The molecule has 2 aromatic carbocycles. The molecule has 1 fully saturated rings. The van der Waals surface area contributed by atoms with Crippen LogP contribution in [0.15, 0.2) is 54.7 Å². The zero-order valence-electron chi connectivity index (χ0n) is 20.4. The number of imidazole rings is 1. The van der Waals surface area contributed by atoms with Gasteiger partial charge in [-0.3, -0.25) is 9.48 Å². The van der Waals surface area contributed by atoms with E-state index in [1.807, 2.05) is 49.9 Å². The fourth-order valence-electron chi connectivity index (χ4n) is 4.87. The first-order valence-corrected chi connectivity index (χ1v) is 11.6. The van der Waals surface area contributed by atoms with E-state index in [0.29, 0.717) is 22.7 Å². The van der Waals surface area contributed by atoms with Crippen molar-refractivity contribution in [1.29, 1.82) is 0 Å². The Morgan fingerprint density at radius 3 is 2.41 bits per heavy atom. The Morgan fingerprint density at radius 2 is 1.81 bits per heavy atom. The van der Waals surface area contributed by atoms with Crippen molar-refractivity contribution < 1.29 is 32.5 Å². The van der Waals surface area contributed by atoms with Crippen LogP contribution in [0.4, 0.5) is 13.2 Å². The third-order valence-corrected chi connectivity index (χ3v) is 6.77. The molecule has 0 radical (unpaired) electrons. The van der Waals surface area contributed by atoms with E-state index in [2.05, 4.69) is 9.84 Å². The average Bonchev–Trinajstić information content (AvgIpc) is 3.08. The molecule has 1 aliphatic rings. The van der Waals surface area contributed by atoms with E-state index < -0.39 is 23.7 Å². The van der Waals surface area contributed by atoms with Crippen LogP contribution in [-0.4, -0.2) is 36.8 Å². The summed E-state index contributed by atoms with van der Waals surface area (Å²) in [7, 11) is 1.82. The van der Waals surface area contributed by atoms with Crippen LogP contribution in [0.3, 0.4) is 0 Å². The van der Waals surface area contributed by atoms with E-state index in [9.17, 15) is 23.1 Å². The first-order valence-electron chi connectivity index (χ1n) is 11.6. The van der Waals surface area contributed by atoms with Crippen LogP contribution in [-0.2, 0) is 25.0 Å². The number of ether oxygens (including phenoxy) is 2. The van der Waals surface area contributed by atoms with Gasteiger partial charge < -0.3 is 19.1 Å². The zero-order chi connectivity index (χ0) is 26.5. The summed E-state index contributed by atoms with van der Waals surface area (Å²) in [4.78, 5) is 16.7. The minimum Gasteiger partial charge on any atom is -0.487 e. The average molecular weight is 515 g/mol. The second-order valence-electron chi connectivity index (χ2n) is 9.78. The summed E-state index contributed by atoms with van der Waals surface area (Å²) in [6.45, 7) is 4.33. The predicted octanol–water partition coefficient (Wildman–Crippen LogP) is 5.12. The third kappa shape index (κ3) is 4.98. The molecule has 4 aromatic rings. The lowest BCUT2D eigenvalue weighted by Gasteiger charge is -2.13. The molecular formula is C26H25F3N4O4. The zero-order valence-corrected chi connectivity index (χ0v) is 20.4. The Bertz CT molecular complexity index is 1460. The van der Waals surface area contributed by atoms with Gasteiger partial charge in [0.1, 0.15) is 23.9 Å². The van der Waals surface area contributed by atoms with Crippen molar-refractivity contribution >= 4 is 17.0 Å². The van der Waals surface area contributed by atoms with Crippen molar-refractivity contribution in [3.8, 4) is 11.5 Å². The highest BCUT2D eigenvalue weighted by molar-refractivity contribution is 5.81. The molecule has 2 heterocycles. The smallest absolute Gasteiger partial charge is 0.487 e. The summed E-state index contributed by atoms with van der Waals surface area (Å²) in [5, 5.41) is 14.1. The van der Waals surface area contributed by atoms with Gasteiger partial charge in [0.15, 0.2) is 0 Å². The Balaban J connectivity index is 1.49. The molecule has 0 bridgehead atoms. The van der Waals surface area contributed by atoms with Gasteiger partial charge in [0, 0.05) is 31.8 Å². The lowest BCUT2D eigenvalue weighted by atomic mass is 10.1. The molecule has 5 rings (SSSR count). The van der Waals surface area contributed by atoms with Gasteiger partial charge in [-0.2, -0.15) is 5.10 Å². The van der Waals surface area contributed by atoms with Gasteiger partial charge in [-0.1, -0.05) is 26.0 Å². The SMILES string of the molecule is Cn1ccc(COc2ccc3nc([C@@H]4[C@H](C(=O)O)C4(C)C)n(Cc4ccc(OC(F)(F)F)cc4)c3c2)n1. The number of carboxylic acid groups (broad SMARTS) is 1. The number of rotatable bonds is 8. The van der Waals surface area contributed by atoms with Crippen LogP contribution in [0.1, 0.15) is 36.8 Å². The van der Waals surface area contributed by atoms with E-state index in [0.717, 1.165) is 11.2 Å². The Labute approximate surface area is 210 Å². The minimum absolute atomic E-state index is 0.269. The monoisotopic (exact) mass is 514 g/mol. The van der Waals surface area contributed by atoms with Gasteiger partial charge in [0.2, 0.25) is 0 Å². The van der Waals surface area contributed by atoms with Crippen molar-refractivity contribution in [3.63, 3.8) is 0 Å². The van der Waals surface area contributed by atoms with Crippen molar-refractivity contribution in [2.45, 2.75) is 39.3 Å². The van der Waals surface area contributed by atoms with E-state index in [4.69, 9.17) is 9.72 Å². The molecule has 0 saturated heterocycles. The van der Waals surface area contributed by atoms with Crippen LogP contribution in [0.2, 0.25) is 0 Å². The minimum atomic E-state index is -4.77. The molecule has 194 valence electrons. The molecule has 1 N–H and O–H groups in total. The van der Waals surface area contributed by atoms with E-state index >= 15 is 0 Å². The lowest BCUT2D eigenvalue weighted by molar-refractivity contribution is -0.274. The van der Waals surface area contributed by atoms with E-state index in [-0.39, 0.29) is 24.8 Å². The number of aromatic nitrogens is 4. The maximum Gasteiger partial charge on any atom is 0.573 e. The summed E-state index contributed by atoms with van der Waals surface area (Å²) >= 11 is 0. The van der Waals surface area contributed by atoms with Crippen LogP contribution < -0.4 is 9.47 Å². The maximum absolute atomic E-state index is 12.6. The molecule has 2 aromatic heterocycles. The first kappa shape index (κ1) is 24.7. The fraction of sp³-hybridized carbons (Fsp3) is 0.346. The Kier molecular flexibility index (Phi) is 5.88. The number of nitrogens with zero attached hydrogens (tertiary/aromatic N) is 4. The molecule has 1 saturated carbocycles. The maximum atomic E-state index is 12.6. The normalized spacial score (nSPS) is 18.6. The van der Waals surface area contributed by atoms with Crippen molar-refractivity contribution in [2.24, 2.45) is 18.4 Å². The van der Waals surface area contributed by atoms with E-state index in [1.54, 1.807) is 22.9 Å². The Morgan fingerprint density at radius 1 is 1.11 bits per heavy atom. The summed E-state index contributed by atoms with van der Waals surface area (Å²) in [6.07, 6.45) is -2.95. The van der Waals surface area contributed by atoms with Crippen LogP contribution in [0.5, 0.6) is 11.5 Å². The molecule has 11 heteroatoms. The van der Waals surface area contributed by atoms with Gasteiger partial charge >= 0.3 is 12.3 Å². The third-order valence-electron chi connectivity index (χ3n) is 6.77. The van der Waals surface area contributed by atoms with Crippen LogP contribution in [0.25, 0.3) is 11.0 Å². The van der Waals surface area contributed by atoms with Gasteiger partial charge in [-0.25, -0.2) is 4.98 Å². The standard InChI is InChI=1S/C26H25F3N4O4/c1-25(2)21(22(25)24(34)35)23-30-19-9-8-18(36-14-16-10-11-32(3)31-16)12-20(19)33(23)13-15-4-6-17(7-5-15)37-26(27,28)29/h4-12,21-22H,13-14H2,1-3H3,(H,34,35)/t21-,22+/m0/s1. The van der Waals surface area contributed by atoms with E-state index in [1.165, 1.54) is 12.1 Å². The van der Waals surface area contributed by atoms with Crippen molar-refractivity contribution in [1.82, 2.24) is 19.3 Å². The summed E-state index contributed by atoms with van der Waals surface area (Å²) in [5.74, 6) is -0.906. The highest BCUT2D eigenvalue weighted by Crippen LogP contribution is 2.64. The fourth-order valence-corrected chi connectivity index (χ4v) is 4.87. The van der Waals surface area contributed by atoms with Crippen molar-refractivity contribution in [3.05, 3.63) is 71.8 Å². The highest BCUT2D eigenvalue weighted by Gasteiger charge is 2.64. The highest BCUT2D eigenvalue weighted by atomic mass is 19.4. The summed E-state index contributed by atoms with van der Waals surface area (Å²) < 4.78 is 51.2. The van der Waals surface area contributed by atoms with Gasteiger partial charge in [-0.15, -0.1) is 13.2 Å². The molecule has 2 atom stereocenters. The number of fused-ring (bicyclic) bond motifs is 1. The van der Waals surface area contributed by atoms with Crippen LogP contribution >= 0.6 is 0 Å². The number of alkyl halides is 3. The largest absolute Gasteiger partial charge is 0.573 e. The molecule has 0 unspecified atom stereocenters.